The number of nitrogens with zero attached hydrogens (tertiary/aromatic N) is 3. The molecule has 0 radical (unpaired) electrons. The van der Waals surface area contributed by atoms with E-state index in [-0.39, 0.29) is 11.9 Å². The van der Waals surface area contributed by atoms with Gasteiger partial charge in [-0.2, -0.15) is 5.10 Å². The van der Waals surface area contributed by atoms with Gasteiger partial charge in [0.05, 0.1) is 6.54 Å². The van der Waals surface area contributed by atoms with Gasteiger partial charge in [-0.15, -0.1) is 0 Å². The topological polar surface area (TPSA) is 42.7 Å². The molecule has 1 unspecified atom stereocenters. The second kappa shape index (κ2) is 5.27. The van der Waals surface area contributed by atoms with Crippen LogP contribution in [0.25, 0.3) is 0 Å². The molecule has 0 fully saturated rings. The molecule has 0 saturated heterocycles. The molecule has 96 valence electrons. The van der Waals surface area contributed by atoms with Crippen LogP contribution in [0.3, 0.4) is 0 Å². The highest BCUT2D eigenvalue weighted by atomic mass is 19.1. The largest absolute Gasteiger partial charge is 0.303 e. The fourth-order valence-corrected chi connectivity index (χ4v) is 1.71. The summed E-state index contributed by atoms with van der Waals surface area (Å²) in [5.41, 5.74) is 1.59. The summed E-state index contributed by atoms with van der Waals surface area (Å²) in [6, 6.07) is 5.35. The first-order valence-electron chi connectivity index (χ1n) is 5.90. The fourth-order valence-electron chi connectivity index (χ4n) is 1.71. The summed E-state index contributed by atoms with van der Waals surface area (Å²) in [6.45, 7) is 4.32. The van der Waals surface area contributed by atoms with E-state index >= 15 is 0 Å². The third kappa shape index (κ3) is 2.92. The van der Waals surface area contributed by atoms with E-state index in [9.17, 15) is 4.39 Å². The fraction of sp³-hybridized carbons (Fsp3) is 0.385. The first kappa shape index (κ1) is 12.7. The molecule has 0 aliphatic rings. The van der Waals surface area contributed by atoms with E-state index in [1.54, 1.807) is 30.1 Å². The molecule has 0 aliphatic carbocycles. The minimum Gasteiger partial charge on any atom is -0.303 e. The van der Waals surface area contributed by atoms with Crippen LogP contribution in [0, 0.1) is 12.7 Å². The van der Waals surface area contributed by atoms with Gasteiger partial charge in [0.1, 0.15) is 12.1 Å². The van der Waals surface area contributed by atoms with Crippen molar-refractivity contribution in [2.45, 2.75) is 26.4 Å². The third-order valence-electron chi connectivity index (χ3n) is 2.91. The molecule has 0 amide bonds. The van der Waals surface area contributed by atoms with Gasteiger partial charge in [0.25, 0.3) is 0 Å². The van der Waals surface area contributed by atoms with Gasteiger partial charge >= 0.3 is 0 Å². The lowest BCUT2D eigenvalue weighted by atomic mass is 10.1. The molecule has 0 bridgehead atoms. The smallest absolute Gasteiger partial charge is 0.164 e. The van der Waals surface area contributed by atoms with Crippen molar-refractivity contribution in [1.82, 2.24) is 20.1 Å². The van der Waals surface area contributed by atoms with Crippen LogP contribution in [0.1, 0.15) is 29.9 Å². The van der Waals surface area contributed by atoms with Gasteiger partial charge in [0, 0.05) is 13.1 Å². The minimum absolute atomic E-state index is 0.0592. The van der Waals surface area contributed by atoms with E-state index in [2.05, 4.69) is 15.4 Å². The summed E-state index contributed by atoms with van der Waals surface area (Å²) in [7, 11) is 1.83. The van der Waals surface area contributed by atoms with Gasteiger partial charge in [-0.3, -0.25) is 4.68 Å². The first-order chi connectivity index (χ1) is 8.56. The Morgan fingerprint density at radius 3 is 2.83 bits per heavy atom. The van der Waals surface area contributed by atoms with Crippen molar-refractivity contribution in [1.29, 1.82) is 0 Å². The van der Waals surface area contributed by atoms with Crippen molar-refractivity contribution in [2.75, 3.05) is 0 Å². The second-order valence-corrected chi connectivity index (χ2v) is 4.45. The highest BCUT2D eigenvalue weighted by Gasteiger charge is 2.08. The average molecular weight is 248 g/mol. The number of aromatic nitrogens is 3. The predicted molar refractivity (Wildman–Crippen MR) is 67.4 cm³/mol. The van der Waals surface area contributed by atoms with Crippen molar-refractivity contribution >= 4 is 0 Å². The number of hydrogen-bond donors (Lipinski definition) is 1. The number of hydrogen-bond acceptors (Lipinski definition) is 3. The Morgan fingerprint density at radius 1 is 1.44 bits per heavy atom. The van der Waals surface area contributed by atoms with Gasteiger partial charge in [-0.05, 0) is 31.0 Å². The van der Waals surface area contributed by atoms with Crippen LogP contribution in [0.4, 0.5) is 4.39 Å². The van der Waals surface area contributed by atoms with Crippen LogP contribution in [-0.2, 0) is 13.6 Å². The molecule has 0 aliphatic heterocycles. The van der Waals surface area contributed by atoms with Crippen molar-refractivity contribution < 1.29 is 4.39 Å². The monoisotopic (exact) mass is 248 g/mol. The number of halogens is 1. The second-order valence-electron chi connectivity index (χ2n) is 4.45. The highest BCUT2D eigenvalue weighted by molar-refractivity contribution is 5.25. The van der Waals surface area contributed by atoms with Crippen molar-refractivity contribution in [3.05, 3.63) is 47.3 Å². The van der Waals surface area contributed by atoms with Crippen molar-refractivity contribution in [3.8, 4) is 0 Å². The molecule has 1 N–H and O–H groups in total. The molecule has 1 atom stereocenters. The molecule has 1 aromatic carbocycles. The minimum atomic E-state index is -0.169. The molecule has 1 heterocycles. The zero-order valence-electron chi connectivity index (χ0n) is 10.8. The number of aryl methyl sites for hydroxylation is 2. The normalized spacial score (nSPS) is 12.7. The molecule has 5 heteroatoms. The summed E-state index contributed by atoms with van der Waals surface area (Å²) in [4.78, 5) is 4.13. The molecular weight excluding hydrogens is 231 g/mol. The highest BCUT2D eigenvalue weighted by Crippen LogP contribution is 2.16. The lowest BCUT2D eigenvalue weighted by Gasteiger charge is -2.13. The molecule has 1 aromatic heterocycles. The van der Waals surface area contributed by atoms with Gasteiger partial charge in [-0.1, -0.05) is 12.1 Å². The maximum absolute atomic E-state index is 13.5. The standard InChI is InChI=1S/C13H17FN4/c1-9-4-5-11(6-12(9)14)10(2)15-7-13-16-8-18(3)17-13/h4-6,8,10,15H,7H2,1-3H3. The predicted octanol–water partition coefficient (Wildman–Crippen LogP) is 2.11. The lowest BCUT2D eigenvalue weighted by molar-refractivity contribution is 0.548. The van der Waals surface area contributed by atoms with Crippen LogP contribution < -0.4 is 5.32 Å². The Morgan fingerprint density at radius 2 is 2.22 bits per heavy atom. The van der Waals surface area contributed by atoms with Crippen LogP contribution in [0.2, 0.25) is 0 Å². The third-order valence-corrected chi connectivity index (χ3v) is 2.91. The molecule has 2 aromatic rings. The number of benzene rings is 1. The van der Waals surface area contributed by atoms with Crippen molar-refractivity contribution in [2.24, 2.45) is 7.05 Å². The summed E-state index contributed by atoms with van der Waals surface area (Å²) in [6.07, 6.45) is 1.66. The Balaban J connectivity index is 1.99. The van der Waals surface area contributed by atoms with Gasteiger partial charge < -0.3 is 5.32 Å². The maximum Gasteiger partial charge on any atom is 0.164 e. The Hall–Kier alpha value is -1.75. The summed E-state index contributed by atoms with van der Waals surface area (Å²) in [5, 5.41) is 7.45. The molecule has 18 heavy (non-hydrogen) atoms. The van der Waals surface area contributed by atoms with E-state index in [0.29, 0.717) is 12.1 Å². The van der Waals surface area contributed by atoms with Gasteiger partial charge in [0.2, 0.25) is 0 Å². The zero-order valence-corrected chi connectivity index (χ0v) is 10.8. The molecular formula is C13H17FN4. The van der Waals surface area contributed by atoms with Gasteiger partial charge in [0.15, 0.2) is 5.82 Å². The van der Waals surface area contributed by atoms with E-state index in [0.717, 1.165) is 11.4 Å². The van der Waals surface area contributed by atoms with Crippen molar-refractivity contribution in [3.63, 3.8) is 0 Å². The number of nitrogens with one attached hydrogen (secondary N) is 1. The molecule has 0 spiro atoms. The Labute approximate surface area is 106 Å². The van der Waals surface area contributed by atoms with Crippen LogP contribution in [0.15, 0.2) is 24.5 Å². The Bertz CT molecular complexity index is 536. The molecule has 4 nitrogen and oxygen atoms in total. The molecule has 2 rings (SSSR count). The number of rotatable bonds is 4. The molecule has 0 saturated carbocycles. The first-order valence-corrected chi connectivity index (χ1v) is 5.90. The summed E-state index contributed by atoms with van der Waals surface area (Å²) < 4.78 is 15.1. The van der Waals surface area contributed by atoms with Crippen LogP contribution in [0.5, 0.6) is 0 Å². The van der Waals surface area contributed by atoms with Crippen LogP contribution >= 0.6 is 0 Å². The average Bonchev–Trinajstić information content (AvgIpc) is 2.75. The van der Waals surface area contributed by atoms with Crippen LogP contribution in [-0.4, -0.2) is 14.8 Å². The van der Waals surface area contributed by atoms with E-state index in [1.165, 1.54) is 0 Å². The van der Waals surface area contributed by atoms with E-state index in [1.807, 2.05) is 20.0 Å². The zero-order chi connectivity index (χ0) is 13.1. The van der Waals surface area contributed by atoms with E-state index < -0.39 is 0 Å². The SMILES string of the molecule is Cc1ccc(C(C)NCc2ncn(C)n2)cc1F. The summed E-state index contributed by atoms with van der Waals surface area (Å²) >= 11 is 0. The Kier molecular flexibility index (Phi) is 3.72. The summed E-state index contributed by atoms with van der Waals surface area (Å²) in [5.74, 6) is 0.564. The van der Waals surface area contributed by atoms with Gasteiger partial charge in [-0.25, -0.2) is 9.37 Å². The van der Waals surface area contributed by atoms with E-state index in [4.69, 9.17) is 0 Å². The maximum atomic E-state index is 13.5. The lowest BCUT2D eigenvalue weighted by Crippen LogP contribution is -2.19. The quantitative estimate of drug-likeness (QED) is 0.901.